The van der Waals surface area contributed by atoms with Crippen molar-refractivity contribution in [1.82, 2.24) is 4.57 Å². The molecule has 0 bridgehead atoms. The van der Waals surface area contributed by atoms with E-state index in [1.54, 1.807) is 22.9 Å². The van der Waals surface area contributed by atoms with Crippen molar-refractivity contribution in [3.05, 3.63) is 52.3 Å². The Kier molecular flexibility index (Phi) is 2.40. The van der Waals surface area contributed by atoms with E-state index in [1.165, 1.54) is 6.20 Å². The van der Waals surface area contributed by atoms with E-state index in [-0.39, 0.29) is 0 Å². The van der Waals surface area contributed by atoms with E-state index in [4.69, 9.17) is 5.26 Å². The molecule has 0 amide bonds. The van der Waals surface area contributed by atoms with Gasteiger partial charge in [-0.3, -0.25) is 10.1 Å². The van der Waals surface area contributed by atoms with Crippen LogP contribution in [0.4, 0.5) is 0 Å². The summed E-state index contributed by atoms with van der Waals surface area (Å²) in [4.78, 5) is 9.68. The van der Waals surface area contributed by atoms with Crippen LogP contribution in [0, 0.1) is 21.4 Å². The minimum Gasteiger partial charge on any atom is -0.317 e. The average molecular weight is 213 g/mol. The van der Waals surface area contributed by atoms with Gasteiger partial charge in [0.25, 0.3) is 6.20 Å². The Hall–Kier alpha value is -2.61. The highest BCUT2D eigenvalue weighted by molar-refractivity contribution is 5.83. The third-order valence-electron chi connectivity index (χ3n) is 2.20. The maximum atomic E-state index is 10.2. The van der Waals surface area contributed by atoms with Crippen molar-refractivity contribution in [2.45, 2.75) is 0 Å². The zero-order chi connectivity index (χ0) is 11.5. The van der Waals surface area contributed by atoms with E-state index in [0.29, 0.717) is 5.56 Å². The number of nitrogens with zero attached hydrogens (tertiary/aromatic N) is 3. The van der Waals surface area contributed by atoms with Crippen LogP contribution in [0.1, 0.15) is 5.56 Å². The van der Waals surface area contributed by atoms with Crippen molar-refractivity contribution in [2.75, 3.05) is 0 Å². The number of benzene rings is 1. The smallest absolute Gasteiger partial charge is 0.250 e. The van der Waals surface area contributed by atoms with Crippen LogP contribution in [-0.2, 0) is 0 Å². The van der Waals surface area contributed by atoms with E-state index in [9.17, 15) is 10.1 Å². The summed E-state index contributed by atoms with van der Waals surface area (Å²) in [5.41, 5.74) is 1.30. The van der Waals surface area contributed by atoms with Gasteiger partial charge in [0.05, 0.1) is 28.3 Å². The Morgan fingerprint density at radius 1 is 1.44 bits per heavy atom. The zero-order valence-electron chi connectivity index (χ0n) is 8.20. The summed E-state index contributed by atoms with van der Waals surface area (Å²) in [5.74, 6) is 0. The molecule has 0 spiro atoms. The molecule has 0 fully saturated rings. The summed E-state index contributed by atoms with van der Waals surface area (Å²) < 4.78 is 1.61. The second-order valence-corrected chi connectivity index (χ2v) is 3.19. The molecule has 5 heteroatoms. The van der Waals surface area contributed by atoms with E-state index >= 15 is 0 Å². The normalized spacial score (nSPS) is 10.7. The lowest BCUT2D eigenvalue weighted by atomic mass is 10.2. The molecule has 2 aromatic rings. The van der Waals surface area contributed by atoms with Crippen LogP contribution < -0.4 is 0 Å². The summed E-state index contributed by atoms with van der Waals surface area (Å²) in [7, 11) is 0. The number of nitriles is 1. The van der Waals surface area contributed by atoms with Crippen LogP contribution in [0.25, 0.3) is 17.1 Å². The first-order valence-corrected chi connectivity index (χ1v) is 4.53. The van der Waals surface area contributed by atoms with Crippen molar-refractivity contribution in [3.63, 3.8) is 0 Å². The largest absolute Gasteiger partial charge is 0.317 e. The topological polar surface area (TPSA) is 71.9 Å². The molecule has 0 aliphatic carbocycles. The molecule has 0 saturated carbocycles. The maximum absolute atomic E-state index is 10.2. The van der Waals surface area contributed by atoms with Crippen molar-refractivity contribution in [2.24, 2.45) is 0 Å². The molecule has 1 heterocycles. The summed E-state index contributed by atoms with van der Waals surface area (Å²) in [5, 5.41) is 19.9. The predicted octanol–water partition coefficient (Wildman–Crippen LogP) is 2.22. The van der Waals surface area contributed by atoms with E-state index in [2.05, 4.69) is 0 Å². The lowest BCUT2D eigenvalue weighted by molar-refractivity contribution is -0.401. The number of aromatic nitrogens is 1. The molecule has 0 radical (unpaired) electrons. The SMILES string of the molecule is N#Cc1ccc2ccn(/C=C/[N+](=O)[O-])c2c1. The molecule has 1 aromatic carbocycles. The van der Waals surface area contributed by atoms with Crippen molar-refractivity contribution in [1.29, 1.82) is 5.26 Å². The number of hydrogen-bond acceptors (Lipinski definition) is 3. The molecule has 2 rings (SSSR count). The lowest BCUT2D eigenvalue weighted by Gasteiger charge is -1.96. The van der Waals surface area contributed by atoms with Crippen LogP contribution in [0.2, 0.25) is 0 Å². The second kappa shape index (κ2) is 3.87. The standard InChI is InChI=1S/C11H7N3O2/c12-8-9-1-2-10-3-4-13(11(10)7-9)5-6-14(15)16/h1-7H/b6-5+. The molecule has 78 valence electrons. The van der Waals surface area contributed by atoms with Crippen LogP contribution in [0.15, 0.2) is 36.7 Å². The quantitative estimate of drug-likeness (QED) is 0.567. The average Bonchev–Trinajstić information content (AvgIpc) is 2.68. The molecular formula is C11H7N3O2. The van der Waals surface area contributed by atoms with Crippen LogP contribution in [0.3, 0.4) is 0 Å². The van der Waals surface area contributed by atoms with Gasteiger partial charge < -0.3 is 4.57 Å². The van der Waals surface area contributed by atoms with Crippen LogP contribution in [-0.4, -0.2) is 9.49 Å². The molecule has 16 heavy (non-hydrogen) atoms. The number of rotatable bonds is 2. The van der Waals surface area contributed by atoms with Gasteiger partial charge in [0.2, 0.25) is 0 Å². The van der Waals surface area contributed by atoms with Gasteiger partial charge in [-0.1, -0.05) is 6.07 Å². The monoisotopic (exact) mass is 213 g/mol. The maximum Gasteiger partial charge on any atom is 0.250 e. The fraction of sp³-hybridized carbons (Fsp3) is 0. The molecule has 0 N–H and O–H groups in total. The zero-order valence-corrected chi connectivity index (χ0v) is 8.20. The lowest BCUT2D eigenvalue weighted by Crippen LogP contribution is -1.88. The van der Waals surface area contributed by atoms with Crippen LogP contribution in [0.5, 0.6) is 0 Å². The van der Waals surface area contributed by atoms with E-state index in [1.807, 2.05) is 18.2 Å². The fourth-order valence-corrected chi connectivity index (χ4v) is 1.47. The first kappa shape index (κ1) is 9.93. The summed E-state index contributed by atoms with van der Waals surface area (Å²) in [6, 6.07) is 9.08. The molecule has 0 saturated heterocycles. The van der Waals surface area contributed by atoms with Gasteiger partial charge in [-0.15, -0.1) is 0 Å². The van der Waals surface area contributed by atoms with Gasteiger partial charge in [0, 0.05) is 11.6 Å². The van der Waals surface area contributed by atoms with E-state index in [0.717, 1.165) is 17.1 Å². The van der Waals surface area contributed by atoms with Crippen molar-refractivity contribution >= 4 is 17.1 Å². The Balaban J connectivity index is 2.55. The highest BCUT2D eigenvalue weighted by Crippen LogP contribution is 2.17. The van der Waals surface area contributed by atoms with E-state index < -0.39 is 4.92 Å². The highest BCUT2D eigenvalue weighted by atomic mass is 16.6. The molecule has 1 aromatic heterocycles. The first-order chi connectivity index (χ1) is 7.70. The van der Waals surface area contributed by atoms with Gasteiger partial charge in [-0.05, 0) is 18.2 Å². The molecule has 0 atom stereocenters. The molecule has 5 nitrogen and oxygen atoms in total. The minimum absolute atomic E-state index is 0.528. The Bertz CT molecular complexity index is 620. The van der Waals surface area contributed by atoms with Crippen LogP contribution >= 0.6 is 0 Å². The third-order valence-corrected chi connectivity index (χ3v) is 2.20. The first-order valence-electron chi connectivity index (χ1n) is 4.53. The summed E-state index contributed by atoms with van der Waals surface area (Å²) in [6.45, 7) is 0. The molecule has 0 aliphatic heterocycles. The van der Waals surface area contributed by atoms with Gasteiger partial charge in [-0.25, -0.2) is 0 Å². The van der Waals surface area contributed by atoms with Gasteiger partial charge in [-0.2, -0.15) is 5.26 Å². The minimum atomic E-state index is -0.528. The Morgan fingerprint density at radius 2 is 2.25 bits per heavy atom. The van der Waals surface area contributed by atoms with Gasteiger partial charge in [0.15, 0.2) is 0 Å². The summed E-state index contributed by atoms with van der Waals surface area (Å²) >= 11 is 0. The highest BCUT2D eigenvalue weighted by Gasteiger charge is 2.00. The molecule has 0 unspecified atom stereocenters. The van der Waals surface area contributed by atoms with Crippen molar-refractivity contribution in [3.8, 4) is 6.07 Å². The number of fused-ring (bicyclic) bond motifs is 1. The number of hydrogen-bond donors (Lipinski definition) is 0. The Labute approximate surface area is 91.0 Å². The Morgan fingerprint density at radius 3 is 2.94 bits per heavy atom. The fourth-order valence-electron chi connectivity index (χ4n) is 1.47. The predicted molar refractivity (Wildman–Crippen MR) is 59.0 cm³/mol. The van der Waals surface area contributed by atoms with Gasteiger partial charge >= 0.3 is 0 Å². The van der Waals surface area contributed by atoms with Gasteiger partial charge in [0.1, 0.15) is 0 Å². The summed E-state index contributed by atoms with van der Waals surface area (Å²) in [6.07, 6.45) is 3.92. The number of nitro groups is 1. The molecule has 0 aliphatic rings. The van der Waals surface area contributed by atoms with Crippen molar-refractivity contribution < 1.29 is 4.92 Å². The second-order valence-electron chi connectivity index (χ2n) is 3.19. The third kappa shape index (κ3) is 1.77. The molecular weight excluding hydrogens is 206 g/mol.